The maximum atomic E-state index is 11.7. The van der Waals surface area contributed by atoms with Crippen LogP contribution in [0, 0.1) is 0 Å². The summed E-state index contributed by atoms with van der Waals surface area (Å²) in [5, 5.41) is 2.20. The molecule has 1 aromatic heterocycles. The Bertz CT molecular complexity index is 430. The normalized spacial score (nSPS) is 10.0. The van der Waals surface area contributed by atoms with Crippen LogP contribution < -0.4 is 0 Å². The zero-order chi connectivity index (χ0) is 12.1. The van der Waals surface area contributed by atoms with Crippen LogP contribution in [0.25, 0.3) is 0 Å². The third kappa shape index (κ3) is 2.56. The van der Waals surface area contributed by atoms with E-state index in [1.54, 1.807) is 6.92 Å². The molecule has 1 rings (SSSR count). The van der Waals surface area contributed by atoms with Crippen LogP contribution in [-0.2, 0) is 9.53 Å². The Labute approximate surface area is 98.0 Å². The summed E-state index contributed by atoms with van der Waals surface area (Å²) in [5.41, 5.74) is 1.25. The Kier molecular flexibility index (Phi) is 4.40. The number of carbonyl (C=O) groups excluding carboxylic acids is 2. The van der Waals surface area contributed by atoms with E-state index in [-0.39, 0.29) is 5.92 Å². The second-order valence-electron chi connectivity index (χ2n) is 3.45. The lowest BCUT2D eigenvalue weighted by Crippen LogP contribution is -2.07. The van der Waals surface area contributed by atoms with Crippen molar-refractivity contribution in [2.75, 3.05) is 6.61 Å². The number of rotatable bonds is 4. The van der Waals surface area contributed by atoms with Crippen molar-refractivity contribution in [3.8, 4) is 0 Å². The number of esters is 1. The highest BCUT2D eigenvalue weighted by Crippen LogP contribution is 2.35. The molecule has 0 bridgehead atoms. The minimum absolute atomic E-state index is 0.186. The lowest BCUT2D eigenvalue weighted by Gasteiger charge is -2.06. The van der Waals surface area contributed by atoms with Gasteiger partial charge in [0.15, 0.2) is 0 Å². The molecule has 0 aromatic carbocycles. The van der Waals surface area contributed by atoms with E-state index in [1.807, 2.05) is 19.2 Å². The van der Waals surface area contributed by atoms with Gasteiger partial charge in [-0.05, 0) is 23.8 Å². The SMILES string of the molecule is CCOC(=O)c1c(C(C)C)csc1N=C=O. The molecule has 1 heterocycles. The molecule has 0 aliphatic rings. The van der Waals surface area contributed by atoms with Crippen LogP contribution in [0.4, 0.5) is 5.00 Å². The van der Waals surface area contributed by atoms with Crippen LogP contribution in [0.5, 0.6) is 0 Å². The minimum atomic E-state index is -0.429. The second kappa shape index (κ2) is 5.58. The monoisotopic (exact) mass is 239 g/mol. The quantitative estimate of drug-likeness (QED) is 0.461. The summed E-state index contributed by atoms with van der Waals surface area (Å²) in [6, 6.07) is 0. The van der Waals surface area contributed by atoms with Gasteiger partial charge in [-0.1, -0.05) is 13.8 Å². The number of aliphatic imine (C=N–C) groups is 1. The standard InChI is InChI=1S/C11H13NO3S/c1-4-15-11(14)9-8(7(2)3)5-16-10(9)12-6-13/h5,7H,4H2,1-3H3. The molecule has 5 heteroatoms. The molecule has 0 aliphatic carbocycles. The predicted octanol–water partition coefficient (Wildman–Crippen LogP) is 3.02. The van der Waals surface area contributed by atoms with Gasteiger partial charge < -0.3 is 4.74 Å². The van der Waals surface area contributed by atoms with Gasteiger partial charge >= 0.3 is 5.97 Å². The number of carbonyl (C=O) groups is 1. The zero-order valence-electron chi connectivity index (χ0n) is 9.44. The van der Waals surface area contributed by atoms with Gasteiger partial charge in [-0.3, -0.25) is 0 Å². The highest BCUT2D eigenvalue weighted by Gasteiger charge is 2.21. The molecule has 0 N–H and O–H groups in total. The summed E-state index contributed by atoms with van der Waals surface area (Å²) >= 11 is 1.25. The van der Waals surface area contributed by atoms with Crippen LogP contribution in [0.1, 0.15) is 42.6 Å². The predicted molar refractivity (Wildman–Crippen MR) is 62.1 cm³/mol. The maximum absolute atomic E-state index is 11.7. The Balaban J connectivity index is 3.23. The number of isocyanates is 1. The van der Waals surface area contributed by atoms with Crippen molar-refractivity contribution in [3.05, 3.63) is 16.5 Å². The van der Waals surface area contributed by atoms with Crippen molar-refractivity contribution >= 4 is 28.4 Å². The average molecular weight is 239 g/mol. The molecule has 0 radical (unpaired) electrons. The van der Waals surface area contributed by atoms with Crippen LogP contribution >= 0.6 is 11.3 Å². The summed E-state index contributed by atoms with van der Waals surface area (Å²) in [5.74, 6) is -0.243. The molecule has 1 aromatic rings. The van der Waals surface area contributed by atoms with Crippen LogP contribution in [0.15, 0.2) is 10.4 Å². The highest BCUT2D eigenvalue weighted by molar-refractivity contribution is 7.14. The molecule has 0 unspecified atom stereocenters. The third-order valence-corrected chi connectivity index (χ3v) is 2.94. The van der Waals surface area contributed by atoms with Gasteiger partial charge in [0.25, 0.3) is 0 Å². The first kappa shape index (κ1) is 12.6. The molecule has 0 saturated carbocycles. The van der Waals surface area contributed by atoms with Gasteiger partial charge in [0.05, 0.1) is 6.61 Å². The van der Waals surface area contributed by atoms with E-state index < -0.39 is 5.97 Å². The van der Waals surface area contributed by atoms with Gasteiger partial charge in [0.1, 0.15) is 10.6 Å². The van der Waals surface area contributed by atoms with E-state index in [0.717, 1.165) is 5.56 Å². The topological polar surface area (TPSA) is 55.7 Å². The summed E-state index contributed by atoms with van der Waals surface area (Å²) in [7, 11) is 0. The smallest absolute Gasteiger partial charge is 0.341 e. The molecular weight excluding hydrogens is 226 g/mol. The van der Waals surface area contributed by atoms with Crippen molar-refractivity contribution in [1.29, 1.82) is 0 Å². The van der Waals surface area contributed by atoms with E-state index in [2.05, 4.69) is 4.99 Å². The number of hydrogen-bond acceptors (Lipinski definition) is 5. The zero-order valence-corrected chi connectivity index (χ0v) is 10.3. The van der Waals surface area contributed by atoms with E-state index in [1.165, 1.54) is 17.4 Å². The van der Waals surface area contributed by atoms with Crippen molar-refractivity contribution in [2.45, 2.75) is 26.7 Å². The molecule has 0 amide bonds. The summed E-state index contributed by atoms with van der Waals surface area (Å²) in [6.45, 7) is 5.98. The summed E-state index contributed by atoms with van der Waals surface area (Å²) in [6.07, 6.45) is 1.45. The number of thiophene rings is 1. The molecule has 0 atom stereocenters. The Hall–Kier alpha value is -1.45. The third-order valence-electron chi connectivity index (χ3n) is 2.05. The molecular formula is C11H13NO3S. The average Bonchev–Trinajstić information content (AvgIpc) is 2.62. The van der Waals surface area contributed by atoms with Gasteiger partial charge in [-0.15, -0.1) is 11.3 Å². The lowest BCUT2D eigenvalue weighted by molar-refractivity contribution is 0.0526. The van der Waals surface area contributed by atoms with Crippen LogP contribution in [0.2, 0.25) is 0 Å². The Morgan fingerprint density at radius 1 is 1.62 bits per heavy atom. The fourth-order valence-corrected chi connectivity index (χ4v) is 2.36. The molecule has 0 fully saturated rings. The molecule has 0 aliphatic heterocycles. The highest BCUT2D eigenvalue weighted by atomic mass is 32.1. The first-order valence-electron chi connectivity index (χ1n) is 4.98. The van der Waals surface area contributed by atoms with Gasteiger partial charge in [0, 0.05) is 0 Å². The second-order valence-corrected chi connectivity index (χ2v) is 4.31. The van der Waals surface area contributed by atoms with E-state index in [4.69, 9.17) is 4.74 Å². The van der Waals surface area contributed by atoms with Crippen LogP contribution in [-0.4, -0.2) is 18.7 Å². The summed E-state index contributed by atoms with van der Waals surface area (Å²) in [4.78, 5) is 25.5. The van der Waals surface area contributed by atoms with E-state index >= 15 is 0 Å². The Morgan fingerprint density at radius 2 is 2.31 bits per heavy atom. The molecule has 16 heavy (non-hydrogen) atoms. The van der Waals surface area contributed by atoms with Crippen molar-refractivity contribution < 1.29 is 14.3 Å². The van der Waals surface area contributed by atoms with Crippen molar-refractivity contribution in [2.24, 2.45) is 4.99 Å². The minimum Gasteiger partial charge on any atom is -0.462 e. The molecule has 86 valence electrons. The van der Waals surface area contributed by atoms with E-state index in [0.29, 0.717) is 17.2 Å². The largest absolute Gasteiger partial charge is 0.462 e. The van der Waals surface area contributed by atoms with Crippen molar-refractivity contribution in [3.63, 3.8) is 0 Å². The van der Waals surface area contributed by atoms with Gasteiger partial charge in [0.2, 0.25) is 6.08 Å². The Morgan fingerprint density at radius 3 is 2.81 bits per heavy atom. The summed E-state index contributed by atoms with van der Waals surface area (Å²) < 4.78 is 4.94. The van der Waals surface area contributed by atoms with Gasteiger partial charge in [-0.25, -0.2) is 9.59 Å². The first-order valence-corrected chi connectivity index (χ1v) is 5.86. The first-order chi connectivity index (χ1) is 7.61. The fourth-order valence-electron chi connectivity index (χ4n) is 1.32. The number of hydrogen-bond donors (Lipinski definition) is 0. The van der Waals surface area contributed by atoms with Crippen molar-refractivity contribution in [1.82, 2.24) is 0 Å². The molecule has 0 spiro atoms. The molecule has 0 saturated heterocycles. The van der Waals surface area contributed by atoms with Crippen LogP contribution in [0.3, 0.4) is 0 Å². The lowest BCUT2D eigenvalue weighted by atomic mass is 10.0. The number of nitrogens with zero attached hydrogens (tertiary/aromatic N) is 1. The maximum Gasteiger partial charge on any atom is 0.341 e. The number of ether oxygens (including phenoxy) is 1. The molecule has 4 nitrogen and oxygen atoms in total. The van der Waals surface area contributed by atoms with Gasteiger partial charge in [-0.2, -0.15) is 4.99 Å². The van der Waals surface area contributed by atoms with E-state index in [9.17, 15) is 9.59 Å². The fraction of sp³-hybridized carbons (Fsp3) is 0.455.